The van der Waals surface area contributed by atoms with Crippen LogP contribution in [0.1, 0.15) is 56.7 Å². The second-order valence-corrected chi connectivity index (χ2v) is 10.6. The first-order valence-electron chi connectivity index (χ1n) is 12.4. The number of nitriles is 1. The molecule has 1 aliphatic heterocycles. The highest BCUT2D eigenvalue weighted by Crippen LogP contribution is 2.28. The third-order valence-corrected chi connectivity index (χ3v) is 6.57. The lowest BCUT2D eigenvalue weighted by Gasteiger charge is -2.37. The highest BCUT2D eigenvalue weighted by Gasteiger charge is 2.43. The van der Waals surface area contributed by atoms with Crippen molar-refractivity contribution < 1.29 is 23.9 Å². The molecule has 2 aromatic carbocycles. The number of ketones is 1. The maximum absolute atomic E-state index is 13.5. The van der Waals surface area contributed by atoms with E-state index in [1.165, 1.54) is 0 Å². The summed E-state index contributed by atoms with van der Waals surface area (Å²) in [6, 6.07) is 15.5. The average Bonchev–Trinajstić information content (AvgIpc) is 2.83. The van der Waals surface area contributed by atoms with Crippen molar-refractivity contribution in [3.63, 3.8) is 0 Å². The normalized spacial score (nSPS) is 15.8. The molecular weight excluding hydrogens is 470 g/mol. The fraction of sp³-hybridized carbons (Fsp3) is 0.448. The van der Waals surface area contributed by atoms with Crippen molar-refractivity contribution in [3.8, 4) is 17.2 Å². The Balaban J connectivity index is 1.73. The van der Waals surface area contributed by atoms with Crippen LogP contribution in [0.25, 0.3) is 11.1 Å². The van der Waals surface area contributed by atoms with Gasteiger partial charge < -0.3 is 20.5 Å². The minimum Gasteiger partial charge on any atom is -0.444 e. The van der Waals surface area contributed by atoms with Crippen molar-refractivity contribution in [3.05, 3.63) is 59.2 Å². The van der Waals surface area contributed by atoms with Gasteiger partial charge in [-0.25, -0.2) is 4.79 Å². The largest absolute Gasteiger partial charge is 0.444 e. The molecule has 0 spiro atoms. The molecule has 0 aromatic heterocycles. The van der Waals surface area contributed by atoms with E-state index in [2.05, 4.69) is 11.4 Å². The number of alkyl carbamates (subject to hydrolysis) is 1. The Bertz CT molecular complexity index is 1190. The summed E-state index contributed by atoms with van der Waals surface area (Å²) >= 11 is 0. The van der Waals surface area contributed by atoms with Gasteiger partial charge in [-0.2, -0.15) is 5.26 Å². The summed E-state index contributed by atoms with van der Waals surface area (Å²) in [5, 5.41) is 11.9. The number of aryl methyl sites for hydroxylation is 1. The van der Waals surface area contributed by atoms with Gasteiger partial charge >= 0.3 is 6.09 Å². The van der Waals surface area contributed by atoms with Crippen molar-refractivity contribution in [2.45, 2.75) is 64.5 Å². The fourth-order valence-corrected chi connectivity index (χ4v) is 4.47. The number of ether oxygens (including phenoxy) is 2. The van der Waals surface area contributed by atoms with E-state index in [1.807, 2.05) is 43.3 Å². The second-order valence-electron chi connectivity index (χ2n) is 10.6. The maximum atomic E-state index is 13.5. The van der Waals surface area contributed by atoms with Crippen LogP contribution in [0.2, 0.25) is 0 Å². The Morgan fingerprint density at radius 1 is 1.11 bits per heavy atom. The predicted molar refractivity (Wildman–Crippen MR) is 139 cm³/mol. The summed E-state index contributed by atoms with van der Waals surface area (Å²) in [5.41, 5.74) is 8.20. The second kappa shape index (κ2) is 11.6. The lowest BCUT2D eigenvalue weighted by atomic mass is 9.80. The first kappa shape index (κ1) is 27.9. The lowest BCUT2D eigenvalue weighted by Crippen LogP contribution is -2.58. The number of amides is 2. The molecule has 1 aliphatic rings. The van der Waals surface area contributed by atoms with E-state index in [1.54, 1.807) is 26.8 Å². The van der Waals surface area contributed by atoms with Crippen LogP contribution in [0, 0.1) is 24.2 Å². The van der Waals surface area contributed by atoms with E-state index < -0.39 is 29.1 Å². The van der Waals surface area contributed by atoms with Crippen LogP contribution in [0.15, 0.2) is 42.5 Å². The zero-order valence-corrected chi connectivity index (χ0v) is 21.9. The Kier molecular flexibility index (Phi) is 8.72. The van der Waals surface area contributed by atoms with Crippen molar-refractivity contribution in [2.24, 2.45) is 11.7 Å². The standard InChI is InChI=1S/C29H35N3O5/c1-19-15-22(9-10-23(19)18-30)21-7-5-20(6-8-21)16-24(26(31)34)17-25(33)29(11-13-36-14-12-29)32-27(35)37-28(2,3)4/h5-10,15,24H,11-14,16-17H2,1-4H3,(H2,31,34)(H,32,35)/t24-/m1/s1. The van der Waals surface area contributed by atoms with Gasteiger partial charge in [-0.3, -0.25) is 9.59 Å². The summed E-state index contributed by atoms with van der Waals surface area (Å²) in [5.74, 6) is -1.55. The van der Waals surface area contributed by atoms with E-state index in [-0.39, 0.29) is 12.2 Å². The number of hydrogen-bond acceptors (Lipinski definition) is 6. The molecule has 196 valence electrons. The Morgan fingerprint density at radius 3 is 2.27 bits per heavy atom. The monoisotopic (exact) mass is 505 g/mol. The molecule has 0 bridgehead atoms. The quantitative estimate of drug-likeness (QED) is 0.552. The molecule has 2 amide bonds. The molecule has 1 heterocycles. The molecule has 8 nitrogen and oxygen atoms in total. The van der Waals surface area contributed by atoms with Gasteiger partial charge in [-0.15, -0.1) is 0 Å². The number of benzene rings is 2. The minimum atomic E-state index is -1.16. The number of nitrogens with one attached hydrogen (secondary N) is 1. The third-order valence-electron chi connectivity index (χ3n) is 6.57. The fourth-order valence-electron chi connectivity index (χ4n) is 4.47. The van der Waals surface area contributed by atoms with Gasteiger partial charge in [0.2, 0.25) is 5.91 Å². The van der Waals surface area contributed by atoms with Gasteiger partial charge in [0, 0.05) is 38.4 Å². The third kappa shape index (κ3) is 7.40. The summed E-state index contributed by atoms with van der Waals surface area (Å²) in [6.07, 6.45) is 0.130. The lowest BCUT2D eigenvalue weighted by molar-refractivity contribution is -0.133. The number of Topliss-reactive ketones (excluding diaryl/α,β-unsaturated/α-hetero) is 1. The van der Waals surface area contributed by atoms with Gasteiger partial charge in [0.25, 0.3) is 0 Å². The predicted octanol–water partition coefficient (Wildman–Crippen LogP) is 4.21. The van der Waals surface area contributed by atoms with Crippen LogP contribution in [-0.4, -0.2) is 42.1 Å². The van der Waals surface area contributed by atoms with Crippen LogP contribution in [0.3, 0.4) is 0 Å². The Hall–Kier alpha value is -3.70. The highest BCUT2D eigenvalue weighted by molar-refractivity contribution is 5.94. The number of rotatable bonds is 8. The molecular formula is C29H35N3O5. The molecule has 0 aliphatic carbocycles. The van der Waals surface area contributed by atoms with Crippen molar-refractivity contribution >= 4 is 17.8 Å². The van der Waals surface area contributed by atoms with Gasteiger partial charge in [-0.1, -0.05) is 36.4 Å². The molecule has 1 fully saturated rings. The van der Waals surface area contributed by atoms with E-state index in [9.17, 15) is 14.4 Å². The summed E-state index contributed by atoms with van der Waals surface area (Å²) in [7, 11) is 0. The van der Waals surface area contributed by atoms with Gasteiger partial charge in [0.05, 0.1) is 11.6 Å². The van der Waals surface area contributed by atoms with Crippen molar-refractivity contribution in [2.75, 3.05) is 13.2 Å². The van der Waals surface area contributed by atoms with E-state index in [0.29, 0.717) is 38.0 Å². The van der Waals surface area contributed by atoms with Crippen LogP contribution in [0.4, 0.5) is 4.79 Å². The molecule has 3 N–H and O–H groups in total. The summed E-state index contributed by atoms with van der Waals surface area (Å²) in [4.78, 5) is 38.3. The first-order valence-corrected chi connectivity index (χ1v) is 12.4. The number of carbonyl (C=O) groups excluding carboxylic acids is 3. The molecule has 2 aromatic rings. The van der Waals surface area contributed by atoms with Crippen LogP contribution in [0.5, 0.6) is 0 Å². The van der Waals surface area contributed by atoms with Crippen LogP contribution >= 0.6 is 0 Å². The van der Waals surface area contributed by atoms with Crippen molar-refractivity contribution in [1.29, 1.82) is 5.26 Å². The van der Waals surface area contributed by atoms with E-state index in [4.69, 9.17) is 20.5 Å². The molecule has 1 atom stereocenters. The number of nitrogens with zero attached hydrogens (tertiary/aromatic N) is 1. The molecule has 0 unspecified atom stereocenters. The summed E-state index contributed by atoms with van der Waals surface area (Å²) < 4.78 is 10.8. The zero-order valence-electron chi connectivity index (χ0n) is 21.9. The summed E-state index contributed by atoms with van der Waals surface area (Å²) in [6.45, 7) is 7.79. The van der Waals surface area contributed by atoms with E-state index >= 15 is 0 Å². The SMILES string of the molecule is Cc1cc(-c2ccc(C[C@H](CC(=O)C3(NC(=O)OC(C)(C)C)CCOCC3)C(N)=O)cc2)ccc1C#N. The molecule has 0 saturated carbocycles. The molecule has 0 radical (unpaired) electrons. The van der Waals surface area contributed by atoms with Crippen LogP contribution < -0.4 is 11.1 Å². The maximum Gasteiger partial charge on any atom is 0.408 e. The number of hydrogen-bond donors (Lipinski definition) is 2. The van der Waals surface area contributed by atoms with Gasteiger partial charge in [-0.05, 0) is 62.4 Å². The highest BCUT2D eigenvalue weighted by atomic mass is 16.6. The average molecular weight is 506 g/mol. The van der Waals surface area contributed by atoms with Gasteiger partial charge in [0.15, 0.2) is 5.78 Å². The number of primary amides is 1. The Labute approximate surface area is 218 Å². The molecule has 3 rings (SSSR count). The molecule has 1 saturated heterocycles. The minimum absolute atomic E-state index is 0.0955. The zero-order chi connectivity index (χ0) is 27.2. The Morgan fingerprint density at radius 2 is 1.73 bits per heavy atom. The molecule has 37 heavy (non-hydrogen) atoms. The van der Waals surface area contributed by atoms with E-state index in [0.717, 1.165) is 22.3 Å². The van der Waals surface area contributed by atoms with Crippen LogP contribution in [-0.2, 0) is 25.5 Å². The van der Waals surface area contributed by atoms with Crippen molar-refractivity contribution in [1.82, 2.24) is 5.32 Å². The molecule has 8 heteroatoms. The topological polar surface area (TPSA) is 132 Å². The number of carbonyl (C=O) groups is 3. The van der Waals surface area contributed by atoms with Gasteiger partial charge in [0.1, 0.15) is 11.1 Å². The first-order chi connectivity index (χ1) is 17.4. The smallest absolute Gasteiger partial charge is 0.408 e. The number of nitrogens with two attached hydrogens (primary N) is 1.